The molecule has 0 heterocycles. The van der Waals surface area contributed by atoms with Gasteiger partial charge >= 0.3 is 0 Å². The summed E-state index contributed by atoms with van der Waals surface area (Å²) in [5.74, 6) is 1.50. The predicted molar refractivity (Wildman–Crippen MR) is 76.5 cm³/mol. The predicted octanol–water partition coefficient (Wildman–Crippen LogP) is 3.41. The fourth-order valence-corrected chi connectivity index (χ4v) is 2.64. The lowest BCUT2D eigenvalue weighted by atomic mass is 10.1. The van der Waals surface area contributed by atoms with Crippen LogP contribution >= 0.6 is 11.6 Å². The summed E-state index contributed by atoms with van der Waals surface area (Å²) in [6.07, 6.45) is 3.80. The van der Waals surface area contributed by atoms with E-state index < -0.39 is 0 Å². The van der Waals surface area contributed by atoms with Gasteiger partial charge < -0.3 is 10.1 Å². The van der Waals surface area contributed by atoms with Gasteiger partial charge in [-0.25, -0.2) is 0 Å². The number of ether oxygens (including phenoxy) is 1. The molecule has 1 saturated carbocycles. The maximum atomic E-state index is 11.7. The van der Waals surface area contributed by atoms with E-state index in [1.807, 2.05) is 12.1 Å². The van der Waals surface area contributed by atoms with Crippen molar-refractivity contribution in [1.82, 2.24) is 5.32 Å². The molecule has 1 fully saturated rings. The summed E-state index contributed by atoms with van der Waals surface area (Å²) in [6, 6.07) is 7.56. The van der Waals surface area contributed by atoms with Crippen LogP contribution in [0.2, 0.25) is 5.02 Å². The van der Waals surface area contributed by atoms with Crippen molar-refractivity contribution in [2.45, 2.75) is 38.6 Å². The molecule has 19 heavy (non-hydrogen) atoms. The highest BCUT2D eigenvalue weighted by Gasteiger charge is 2.22. The Morgan fingerprint density at radius 3 is 3.00 bits per heavy atom. The third-order valence-electron chi connectivity index (χ3n) is 3.45. The summed E-state index contributed by atoms with van der Waals surface area (Å²) in [6.45, 7) is 2.61. The largest absolute Gasteiger partial charge is 0.493 e. The Morgan fingerprint density at radius 1 is 1.47 bits per heavy atom. The SMILES string of the molecule is CC1CCC(NC(=O)CCOc2cccc(Cl)c2)C1. The van der Waals surface area contributed by atoms with Gasteiger partial charge in [-0.1, -0.05) is 24.6 Å². The normalized spacial score (nSPS) is 22.2. The molecule has 2 atom stereocenters. The standard InChI is InChI=1S/C15H20ClNO2/c1-11-5-6-13(9-11)17-15(18)7-8-19-14-4-2-3-12(16)10-14/h2-4,10-11,13H,5-9H2,1H3,(H,17,18). The quantitative estimate of drug-likeness (QED) is 0.898. The van der Waals surface area contributed by atoms with Crippen molar-refractivity contribution in [3.05, 3.63) is 29.3 Å². The lowest BCUT2D eigenvalue weighted by Gasteiger charge is -2.12. The molecule has 1 aliphatic rings. The maximum absolute atomic E-state index is 11.7. The van der Waals surface area contributed by atoms with Gasteiger partial charge in [0.05, 0.1) is 13.0 Å². The highest BCUT2D eigenvalue weighted by Crippen LogP contribution is 2.24. The first-order valence-electron chi connectivity index (χ1n) is 6.81. The smallest absolute Gasteiger partial charge is 0.223 e. The van der Waals surface area contributed by atoms with Gasteiger partial charge in [-0.05, 0) is 43.4 Å². The van der Waals surface area contributed by atoms with Crippen LogP contribution in [0.5, 0.6) is 5.75 Å². The van der Waals surface area contributed by atoms with Gasteiger partial charge in [-0.15, -0.1) is 0 Å². The maximum Gasteiger partial charge on any atom is 0.223 e. The second-order valence-corrected chi connectivity index (χ2v) is 5.67. The number of rotatable bonds is 5. The summed E-state index contributed by atoms with van der Waals surface area (Å²) in [5.41, 5.74) is 0. The Balaban J connectivity index is 1.66. The summed E-state index contributed by atoms with van der Waals surface area (Å²) in [7, 11) is 0. The molecule has 0 saturated heterocycles. The molecule has 0 radical (unpaired) electrons. The van der Waals surface area contributed by atoms with E-state index in [2.05, 4.69) is 12.2 Å². The van der Waals surface area contributed by atoms with Crippen LogP contribution < -0.4 is 10.1 Å². The molecular weight excluding hydrogens is 262 g/mol. The minimum atomic E-state index is 0.0705. The zero-order chi connectivity index (χ0) is 13.7. The minimum Gasteiger partial charge on any atom is -0.493 e. The minimum absolute atomic E-state index is 0.0705. The second kappa shape index (κ2) is 6.80. The zero-order valence-electron chi connectivity index (χ0n) is 11.2. The summed E-state index contributed by atoms with van der Waals surface area (Å²) < 4.78 is 5.50. The van der Waals surface area contributed by atoms with Crippen LogP contribution in [0.3, 0.4) is 0 Å². The Hall–Kier alpha value is -1.22. The Bertz CT molecular complexity index is 436. The van der Waals surface area contributed by atoms with Gasteiger partial charge in [-0.3, -0.25) is 4.79 Å². The second-order valence-electron chi connectivity index (χ2n) is 5.24. The number of hydrogen-bond acceptors (Lipinski definition) is 2. The van der Waals surface area contributed by atoms with E-state index in [-0.39, 0.29) is 5.91 Å². The average Bonchev–Trinajstić information content (AvgIpc) is 2.75. The van der Waals surface area contributed by atoms with E-state index in [1.165, 1.54) is 6.42 Å². The third kappa shape index (κ3) is 4.75. The third-order valence-corrected chi connectivity index (χ3v) is 3.69. The van der Waals surface area contributed by atoms with E-state index in [4.69, 9.17) is 16.3 Å². The molecule has 2 unspecified atom stereocenters. The molecule has 3 nitrogen and oxygen atoms in total. The van der Waals surface area contributed by atoms with Crippen molar-refractivity contribution in [2.24, 2.45) is 5.92 Å². The molecule has 0 aliphatic heterocycles. The summed E-state index contributed by atoms with van der Waals surface area (Å²) in [5, 5.41) is 3.70. The molecule has 104 valence electrons. The molecule has 0 spiro atoms. The van der Waals surface area contributed by atoms with E-state index in [0.717, 1.165) is 18.8 Å². The first-order chi connectivity index (χ1) is 9.13. The lowest BCUT2D eigenvalue weighted by molar-refractivity contribution is -0.122. The molecule has 1 aromatic carbocycles. The fraction of sp³-hybridized carbons (Fsp3) is 0.533. The molecule has 2 rings (SSSR count). The van der Waals surface area contributed by atoms with E-state index >= 15 is 0 Å². The topological polar surface area (TPSA) is 38.3 Å². The Morgan fingerprint density at radius 2 is 2.32 bits per heavy atom. The number of amides is 1. The highest BCUT2D eigenvalue weighted by molar-refractivity contribution is 6.30. The number of carbonyl (C=O) groups is 1. The Labute approximate surface area is 119 Å². The number of nitrogens with one attached hydrogen (secondary N) is 1. The molecule has 1 amide bonds. The summed E-state index contributed by atoms with van der Waals surface area (Å²) >= 11 is 5.85. The average molecular weight is 282 g/mol. The van der Waals surface area contributed by atoms with E-state index in [0.29, 0.717) is 29.8 Å². The van der Waals surface area contributed by atoms with Crippen LogP contribution in [0.4, 0.5) is 0 Å². The molecule has 1 N–H and O–H groups in total. The van der Waals surface area contributed by atoms with Crippen LogP contribution in [-0.2, 0) is 4.79 Å². The van der Waals surface area contributed by atoms with Crippen molar-refractivity contribution < 1.29 is 9.53 Å². The van der Waals surface area contributed by atoms with E-state index in [1.54, 1.807) is 12.1 Å². The van der Waals surface area contributed by atoms with Crippen molar-refractivity contribution in [3.8, 4) is 5.75 Å². The van der Waals surface area contributed by atoms with Crippen molar-refractivity contribution >= 4 is 17.5 Å². The van der Waals surface area contributed by atoms with Crippen LogP contribution in [0, 0.1) is 5.92 Å². The highest BCUT2D eigenvalue weighted by atomic mass is 35.5. The van der Waals surface area contributed by atoms with Gasteiger partial charge in [0.1, 0.15) is 5.75 Å². The van der Waals surface area contributed by atoms with Crippen molar-refractivity contribution in [3.63, 3.8) is 0 Å². The van der Waals surface area contributed by atoms with E-state index in [9.17, 15) is 4.79 Å². The Kier molecular flexibility index (Phi) is 5.08. The van der Waals surface area contributed by atoms with Crippen molar-refractivity contribution in [1.29, 1.82) is 0 Å². The van der Waals surface area contributed by atoms with Gasteiger partial charge in [0.15, 0.2) is 0 Å². The molecule has 4 heteroatoms. The van der Waals surface area contributed by atoms with Crippen LogP contribution in [0.15, 0.2) is 24.3 Å². The fourth-order valence-electron chi connectivity index (χ4n) is 2.46. The monoisotopic (exact) mass is 281 g/mol. The molecular formula is C15H20ClNO2. The molecule has 0 bridgehead atoms. The molecule has 0 aromatic heterocycles. The number of halogens is 1. The van der Waals surface area contributed by atoms with Crippen LogP contribution in [0.25, 0.3) is 0 Å². The van der Waals surface area contributed by atoms with Crippen LogP contribution in [-0.4, -0.2) is 18.6 Å². The molecule has 1 aromatic rings. The van der Waals surface area contributed by atoms with Gasteiger partial charge in [0, 0.05) is 11.1 Å². The van der Waals surface area contributed by atoms with Crippen molar-refractivity contribution in [2.75, 3.05) is 6.61 Å². The van der Waals surface area contributed by atoms with Gasteiger partial charge in [-0.2, -0.15) is 0 Å². The zero-order valence-corrected chi connectivity index (χ0v) is 12.0. The lowest BCUT2D eigenvalue weighted by Crippen LogP contribution is -2.33. The van der Waals surface area contributed by atoms with Gasteiger partial charge in [0.2, 0.25) is 5.91 Å². The summed E-state index contributed by atoms with van der Waals surface area (Å²) in [4.78, 5) is 11.7. The number of hydrogen-bond donors (Lipinski definition) is 1. The molecule has 1 aliphatic carbocycles. The first kappa shape index (κ1) is 14.2. The van der Waals surface area contributed by atoms with Gasteiger partial charge in [0.25, 0.3) is 0 Å². The number of carbonyl (C=O) groups excluding carboxylic acids is 1. The van der Waals surface area contributed by atoms with Crippen LogP contribution in [0.1, 0.15) is 32.6 Å². The number of benzene rings is 1. The first-order valence-corrected chi connectivity index (χ1v) is 7.19.